The molecule has 0 atom stereocenters. The van der Waals surface area contributed by atoms with Gasteiger partial charge in [-0.15, -0.1) is 5.10 Å². The summed E-state index contributed by atoms with van der Waals surface area (Å²) in [5, 5.41) is 7.51. The van der Waals surface area contributed by atoms with Gasteiger partial charge in [0.2, 0.25) is 0 Å². The van der Waals surface area contributed by atoms with Crippen LogP contribution in [-0.4, -0.2) is 10.4 Å². The molecule has 1 rings (SSSR count). The molecular weight excluding hydrogens is 160 g/mol. The van der Waals surface area contributed by atoms with E-state index in [2.05, 4.69) is 30.8 Å². The van der Waals surface area contributed by atoms with Crippen LogP contribution in [0, 0.1) is 0 Å². The minimum Gasteiger partial charge on any atom is -0.345 e. The van der Waals surface area contributed by atoms with Gasteiger partial charge in [-0.25, -0.2) is 0 Å². The number of halogens is 1. The highest BCUT2D eigenvalue weighted by Crippen LogP contribution is 1.96. The Bertz CT molecular complexity index is 127. The SMILES string of the molecule is BrCc1conn1. The van der Waals surface area contributed by atoms with Crippen molar-refractivity contribution in [1.29, 1.82) is 0 Å². The van der Waals surface area contributed by atoms with Crippen molar-refractivity contribution >= 4 is 15.9 Å². The number of rotatable bonds is 1. The Morgan fingerprint density at radius 3 is 3.00 bits per heavy atom. The lowest BCUT2D eigenvalue weighted by atomic mass is 10.6. The van der Waals surface area contributed by atoms with Gasteiger partial charge in [-0.05, 0) is 0 Å². The van der Waals surface area contributed by atoms with E-state index in [-0.39, 0.29) is 0 Å². The summed E-state index contributed by atoms with van der Waals surface area (Å²) in [4.78, 5) is 0. The average Bonchev–Trinajstić information content (AvgIpc) is 2.14. The number of hydrogen-bond acceptors (Lipinski definition) is 3. The molecule has 0 fully saturated rings. The number of aromatic nitrogens is 2. The molecule has 0 saturated carbocycles. The van der Waals surface area contributed by atoms with Gasteiger partial charge in [-0.2, -0.15) is 0 Å². The summed E-state index contributed by atoms with van der Waals surface area (Å²) in [5.74, 6) is 0. The molecule has 0 aromatic carbocycles. The number of alkyl halides is 1. The normalized spacial score (nSPS) is 9.29. The molecule has 4 heteroatoms. The zero-order valence-electron chi connectivity index (χ0n) is 3.47. The van der Waals surface area contributed by atoms with Crippen LogP contribution in [0.5, 0.6) is 0 Å². The molecule has 1 aromatic rings. The molecule has 1 heterocycles. The van der Waals surface area contributed by atoms with Crippen molar-refractivity contribution < 1.29 is 4.52 Å². The van der Waals surface area contributed by atoms with Gasteiger partial charge >= 0.3 is 0 Å². The fourth-order valence-corrected chi connectivity index (χ4v) is 0.487. The predicted octanol–water partition coefficient (Wildman–Crippen LogP) is 0.964. The maximum Gasteiger partial charge on any atom is 0.148 e. The van der Waals surface area contributed by atoms with Crippen LogP contribution in [0.15, 0.2) is 10.8 Å². The van der Waals surface area contributed by atoms with Gasteiger partial charge in [-0.1, -0.05) is 15.9 Å². The molecule has 0 aliphatic heterocycles. The molecule has 0 aliphatic carbocycles. The summed E-state index contributed by atoms with van der Waals surface area (Å²) in [5.41, 5.74) is 0.819. The van der Waals surface area contributed by atoms with Crippen molar-refractivity contribution in [3.63, 3.8) is 0 Å². The Morgan fingerprint density at radius 1 is 1.86 bits per heavy atom. The van der Waals surface area contributed by atoms with Gasteiger partial charge in [0.25, 0.3) is 0 Å². The van der Waals surface area contributed by atoms with Crippen molar-refractivity contribution in [2.75, 3.05) is 0 Å². The molecule has 0 unspecified atom stereocenters. The summed E-state index contributed by atoms with van der Waals surface area (Å²) in [7, 11) is 0. The quantitative estimate of drug-likeness (QED) is 0.578. The Labute approximate surface area is 48.8 Å². The van der Waals surface area contributed by atoms with Crippen molar-refractivity contribution in [3.05, 3.63) is 12.0 Å². The second-order valence-electron chi connectivity index (χ2n) is 1.03. The van der Waals surface area contributed by atoms with Crippen molar-refractivity contribution in [3.8, 4) is 0 Å². The second-order valence-corrected chi connectivity index (χ2v) is 1.59. The highest BCUT2D eigenvalue weighted by atomic mass is 79.9. The first-order valence-electron chi connectivity index (χ1n) is 1.75. The van der Waals surface area contributed by atoms with Crippen LogP contribution in [0.2, 0.25) is 0 Å². The van der Waals surface area contributed by atoms with E-state index in [9.17, 15) is 0 Å². The highest BCUT2D eigenvalue weighted by Gasteiger charge is 1.89. The van der Waals surface area contributed by atoms with Gasteiger partial charge in [-0.3, -0.25) is 0 Å². The van der Waals surface area contributed by atoms with Crippen LogP contribution >= 0.6 is 15.9 Å². The largest absolute Gasteiger partial charge is 0.345 e. The van der Waals surface area contributed by atoms with E-state index in [1.165, 1.54) is 6.26 Å². The lowest BCUT2D eigenvalue weighted by Gasteiger charge is -1.70. The fourth-order valence-electron chi connectivity index (χ4n) is 0.242. The molecule has 0 spiro atoms. The van der Waals surface area contributed by atoms with Gasteiger partial charge in [0.05, 0.1) is 5.33 Å². The smallest absolute Gasteiger partial charge is 0.148 e. The number of hydrogen-bond donors (Lipinski definition) is 0. The van der Waals surface area contributed by atoms with E-state index < -0.39 is 0 Å². The lowest BCUT2D eigenvalue weighted by Crippen LogP contribution is -1.72. The lowest BCUT2D eigenvalue weighted by molar-refractivity contribution is 0.393. The number of nitrogens with zero attached hydrogens (tertiary/aromatic N) is 2. The van der Waals surface area contributed by atoms with E-state index in [0.717, 1.165) is 5.69 Å². The zero-order chi connectivity index (χ0) is 5.11. The van der Waals surface area contributed by atoms with Crippen molar-refractivity contribution in [2.45, 2.75) is 5.33 Å². The van der Waals surface area contributed by atoms with E-state index in [4.69, 9.17) is 0 Å². The monoisotopic (exact) mass is 162 g/mol. The first kappa shape index (κ1) is 4.77. The third-order valence-corrected chi connectivity index (χ3v) is 1.12. The molecule has 0 radical (unpaired) electrons. The zero-order valence-corrected chi connectivity index (χ0v) is 5.05. The van der Waals surface area contributed by atoms with Gasteiger partial charge < -0.3 is 4.52 Å². The van der Waals surface area contributed by atoms with Crippen LogP contribution in [0.1, 0.15) is 5.69 Å². The fraction of sp³-hybridized carbons (Fsp3) is 0.333. The van der Waals surface area contributed by atoms with Crippen LogP contribution in [0.3, 0.4) is 0 Å². The molecule has 3 nitrogen and oxygen atoms in total. The summed E-state index contributed by atoms with van der Waals surface area (Å²) >= 11 is 3.17. The summed E-state index contributed by atoms with van der Waals surface area (Å²) in [6, 6.07) is 0. The highest BCUT2D eigenvalue weighted by molar-refractivity contribution is 9.08. The Balaban J connectivity index is 2.76. The van der Waals surface area contributed by atoms with Crippen LogP contribution in [0.25, 0.3) is 0 Å². The van der Waals surface area contributed by atoms with Gasteiger partial charge in [0.15, 0.2) is 0 Å². The topological polar surface area (TPSA) is 38.9 Å². The standard InChI is InChI=1S/C3H3BrN2O/c4-1-3-2-7-6-5-3/h2H,1H2. The Hall–Kier alpha value is -0.380. The molecule has 38 valence electrons. The first-order chi connectivity index (χ1) is 3.43. The maximum absolute atomic E-state index is 4.41. The molecule has 0 N–H and O–H groups in total. The van der Waals surface area contributed by atoms with Crippen LogP contribution < -0.4 is 0 Å². The molecule has 0 amide bonds. The van der Waals surface area contributed by atoms with Crippen molar-refractivity contribution in [1.82, 2.24) is 10.4 Å². The van der Waals surface area contributed by atoms with Gasteiger partial charge in [0, 0.05) is 5.27 Å². The molecule has 7 heavy (non-hydrogen) atoms. The predicted molar refractivity (Wildman–Crippen MR) is 26.9 cm³/mol. The van der Waals surface area contributed by atoms with E-state index >= 15 is 0 Å². The summed E-state index contributed by atoms with van der Waals surface area (Å²) < 4.78 is 4.41. The Kier molecular flexibility index (Phi) is 1.41. The first-order valence-corrected chi connectivity index (χ1v) is 2.87. The minimum atomic E-state index is 0.705. The minimum absolute atomic E-state index is 0.705. The average molecular weight is 163 g/mol. The van der Waals surface area contributed by atoms with E-state index in [1.54, 1.807) is 0 Å². The summed E-state index contributed by atoms with van der Waals surface area (Å²) in [6.45, 7) is 0. The van der Waals surface area contributed by atoms with Crippen LogP contribution in [-0.2, 0) is 5.33 Å². The second kappa shape index (κ2) is 2.07. The Morgan fingerprint density at radius 2 is 2.71 bits per heavy atom. The third-order valence-electron chi connectivity index (χ3n) is 0.542. The maximum atomic E-state index is 4.41. The third kappa shape index (κ3) is 0.991. The molecule has 0 aliphatic rings. The molecule has 0 saturated heterocycles. The molecular formula is C3H3BrN2O. The van der Waals surface area contributed by atoms with E-state index in [1.807, 2.05) is 0 Å². The summed E-state index contributed by atoms with van der Waals surface area (Å²) in [6.07, 6.45) is 1.49. The van der Waals surface area contributed by atoms with Crippen LogP contribution in [0.4, 0.5) is 0 Å². The molecule has 0 bridgehead atoms. The van der Waals surface area contributed by atoms with E-state index in [0.29, 0.717) is 5.33 Å². The van der Waals surface area contributed by atoms with Gasteiger partial charge in [0.1, 0.15) is 12.0 Å². The van der Waals surface area contributed by atoms with Crippen molar-refractivity contribution in [2.24, 2.45) is 0 Å². The molecule has 1 aromatic heterocycles.